The van der Waals surface area contributed by atoms with Crippen LogP contribution in [0.15, 0.2) is 34.2 Å². The second-order valence-electron chi connectivity index (χ2n) is 3.80. The summed E-state index contributed by atoms with van der Waals surface area (Å²) >= 11 is 1.62. The fourth-order valence-electron chi connectivity index (χ4n) is 1.81. The zero-order chi connectivity index (χ0) is 12.3. The first-order chi connectivity index (χ1) is 8.27. The van der Waals surface area contributed by atoms with E-state index in [1.54, 1.807) is 16.3 Å². The molecule has 0 aliphatic carbocycles. The van der Waals surface area contributed by atoms with Gasteiger partial charge in [0.2, 0.25) is 0 Å². The van der Waals surface area contributed by atoms with Gasteiger partial charge in [0.05, 0.1) is 10.9 Å². The Morgan fingerprint density at radius 1 is 1.29 bits per heavy atom. The molecule has 0 aliphatic rings. The van der Waals surface area contributed by atoms with Crippen molar-refractivity contribution in [1.29, 1.82) is 0 Å². The monoisotopic (exact) mass is 248 g/mol. The zero-order valence-electron chi connectivity index (χ0n) is 10.1. The van der Waals surface area contributed by atoms with Crippen LogP contribution in [0.1, 0.15) is 20.3 Å². The lowest BCUT2D eigenvalue weighted by atomic mass is 10.2. The Hall–Kier alpha value is -1.29. The molecule has 0 amide bonds. The summed E-state index contributed by atoms with van der Waals surface area (Å²) < 4.78 is 1.79. The first-order valence-corrected chi connectivity index (χ1v) is 6.88. The normalized spacial score (nSPS) is 10.9. The highest BCUT2D eigenvalue weighted by Gasteiger charge is 2.09. The van der Waals surface area contributed by atoms with Gasteiger partial charge in [0, 0.05) is 6.54 Å². The lowest BCUT2D eigenvalue weighted by Gasteiger charge is -2.11. The molecule has 0 saturated heterocycles. The molecule has 1 aromatic heterocycles. The summed E-state index contributed by atoms with van der Waals surface area (Å²) in [6, 6.07) is 7.54. The molecule has 17 heavy (non-hydrogen) atoms. The Morgan fingerprint density at radius 3 is 2.76 bits per heavy atom. The van der Waals surface area contributed by atoms with Crippen molar-refractivity contribution >= 4 is 22.7 Å². The van der Waals surface area contributed by atoms with Gasteiger partial charge in [0.15, 0.2) is 5.16 Å². The molecule has 0 atom stereocenters. The number of nitrogens with zero attached hydrogens (tertiary/aromatic N) is 2. The average molecular weight is 248 g/mol. The molecule has 0 aliphatic heterocycles. The van der Waals surface area contributed by atoms with Crippen LogP contribution in [0, 0.1) is 0 Å². The lowest BCUT2D eigenvalue weighted by Crippen LogP contribution is -2.23. The van der Waals surface area contributed by atoms with Crippen molar-refractivity contribution in [2.24, 2.45) is 0 Å². The molecule has 0 N–H and O–H groups in total. The minimum atomic E-state index is 0.0772. The van der Waals surface area contributed by atoms with Crippen molar-refractivity contribution in [2.75, 3.05) is 5.75 Å². The average Bonchev–Trinajstić information content (AvgIpc) is 2.34. The van der Waals surface area contributed by atoms with Gasteiger partial charge in [-0.3, -0.25) is 9.36 Å². The molecule has 0 unspecified atom stereocenters. The summed E-state index contributed by atoms with van der Waals surface area (Å²) in [6.07, 6.45) is 0.942. The number of fused-ring (bicyclic) bond motifs is 1. The smallest absolute Gasteiger partial charge is 0.262 e. The fraction of sp³-hybridized carbons (Fsp3) is 0.385. The molecule has 0 radical (unpaired) electrons. The third-order valence-electron chi connectivity index (χ3n) is 2.55. The van der Waals surface area contributed by atoms with Crippen molar-refractivity contribution < 1.29 is 0 Å². The zero-order valence-corrected chi connectivity index (χ0v) is 11.0. The van der Waals surface area contributed by atoms with Crippen LogP contribution in [-0.4, -0.2) is 15.3 Å². The molecule has 0 fully saturated rings. The van der Waals surface area contributed by atoms with E-state index in [0.29, 0.717) is 5.39 Å². The van der Waals surface area contributed by atoms with Gasteiger partial charge in [-0.1, -0.05) is 37.7 Å². The van der Waals surface area contributed by atoms with Gasteiger partial charge in [-0.25, -0.2) is 4.98 Å². The predicted molar refractivity (Wildman–Crippen MR) is 72.7 cm³/mol. The van der Waals surface area contributed by atoms with Crippen molar-refractivity contribution in [2.45, 2.75) is 32.0 Å². The largest absolute Gasteiger partial charge is 0.287 e. The van der Waals surface area contributed by atoms with E-state index in [4.69, 9.17) is 0 Å². The maximum absolute atomic E-state index is 12.3. The van der Waals surface area contributed by atoms with Crippen LogP contribution in [0.25, 0.3) is 10.9 Å². The number of thioether (sulfide) groups is 1. The third kappa shape index (κ3) is 2.36. The Morgan fingerprint density at radius 2 is 2.06 bits per heavy atom. The molecule has 2 aromatic rings. The van der Waals surface area contributed by atoms with Crippen molar-refractivity contribution in [1.82, 2.24) is 9.55 Å². The number of benzene rings is 1. The molecule has 2 rings (SSSR count). The number of aromatic nitrogens is 2. The van der Waals surface area contributed by atoms with E-state index >= 15 is 0 Å². The number of rotatable bonds is 4. The SMILES string of the molecule is CCCn1c(SCC)nc2ccccc2c1=O. The van der Waals surface area contributed by atoms with Gasteiger partial charge in [0.25, 0.3) is 5.56 Å². The molecular weight excluding hydrogens is 232 g/mol. The minimum absolute atomic E-state index is 0.0772. The Labute approximate surface area is 105 Å². The number of para-hydroxylation sites is 1. The lowest BCUT2D eigenvalue weighted by molar-refractivity contribution is 0.585. The van der Waals surface area contributed by atoms with Crippen molar-refractivity contribution in [3.8, 4) is 0 Å². The maximum Gasteiger partial charge on any atom is 0.262 e. The molecule has 3 nitrogen and oxygen atoms in total. The minimum Gasteiger partial charge on any atom is -0.287 e. The second kappa shape index (κ2) is 5.36. The summed E-state index contributed by atoms with van der Waals surface area (Å²) in [5.41, 5.74) is 0.870. The van der Waals surface area contributed by atoms with E-state index in [-0.39, 0.29) is 5.56 Å². The molecule has 90 valence electrons. The van der Waals surface area contributed by atoms with Gasteiger partial charge in [0.1, 0.15) is 0 Å². The van der Waals surface area contributed by atoms with Crippen LogP contribution in [-0.2, 0) is 6.54 Å². The van der Waals surface area contributed by atoms with Crippen molar-refractivity contribution in [3.05, 3.63) is 34.6 Å². The summed E-state index contributed by atoms with van der Waals surface area (Å²) in [7, 11) is 0. The Kier molecular flexibility index (Phi) is 3.84. The van der Waals surface area contributed by atoms with Gasteiger partial charge in [-0.2, -0.15) is 0 Å². The Bertz CT molecular complexity index is 577. The van der Waals surface area contributed by atoms with Gasteiger partial charge in [-0.15, -0.1) is 0 Å². The highest BCUT2D eigenvalue weighted by atomic mass is 32.2. The van der Waals surface area contributed by atoms with Crippen LogP contribution in [0.2, 0.25) is 0 Å². The standard InChI is InChI=1S/C13H16N2OS/c1-3-9-15-12(16)10-7-5-6-8-11(10)14-13(15)17-4-2/h5-8H,3-4,9H2,1-2H3. The van der Waals surface area contributed by atoms with E-state index in [0.717, 1.165) is 29.4 Å². The maximum atomic E-state index is 12.3. The van der Waals surface area contributed by atoms with E-state index < -0.39 is 0 Å². The summed E-state index contributed by atoms with van der Waals surface area (Å²) in [6.45, 7) is 4.88. The Balaban J connectivity index is 2.69. The summed E-state index contributed by atoms with van der Waals surface area (Å²) in [5.74, 6) is 0.925. The first-order valence-electron chi connectivity index (χ1n) is 5.90. The molecular formula is C13H16N2OS. The molecule has 4 heteroatoms. The molecule has 1 aromatic carbocycles. The van der Waals surface area contributed by atoms with E-state index in [2.05, 4.69) is 18.8 Å². The molecule has 0 saturated carbocycles. The van der Waals surface area contributed by atoms with Crippen LogP contribution in [0.5, 0.6) is 0 Å². The second-order valence-corrected chi connectivity index (χ2v) is 5.03. The van der Waals surface area contributed by atoms with Gasteiger partial charge in [-0.05, 0) is 24.3 Å². The molecule has 0 spiro atoms. The fourth-order valence-corrected chi connectivity index (χ4v) is 2.56. The number of hydrogen-bond acceptors (Lipinski definition) is 3. The first kappa shape index (κ1) is 12.2. The van der Waals surface area contributed by atoms with Crippen molar-refractivity contribution in [3.63, 3.8) is 0 Å². The van der Waals surface area contributed by atoms with E-state index in [1.165, 1.54) is 0 Å². The summed E-state index contributed by atoms with van der Waals surface area (Å²) in [5, 5.41) is 1.54. The highest BCUT2D eigenvalue weighted by Crippen LogP contribution is 2.17. The highest BCUT2D eigenvalue weighted by molar-refractivity contribution is 7.99. The quantitative estimate of drug-likeness (QED) is 0.616. The van der Waals surface area contributed by atoms with Crippen LogP contribution >= 0.6 is 11.8 Å². The molecule has 0 bridgehead atoms. The molecule has 1 heterocycles. The van der Waals surface area contributed by atoms with Crippen LogP contribution in [0.3, 0.4) is 0 Å². The topological polar surface area (TPSA) is 34.9 Å². The number of hydrogen-bond donors (Lipinski definition) is 0. The third-order valence-corrected chi connectivity index (χ3v) is 3.41. The van der Waals surface area contributed by atoms with Gasteiger partial charge >= 0.3 is 0 Å². The van der Waals surface area contributed by atoms with E-state index in [9.17, 15) is 4.79 Å². The van der Waals surface area contributed by atoms with Crippen LogP contribution in [0.4, 0.5) is 0 Å². The van der Waals surface area contributed by atoms with E-state index in [1.807, 2.05) is 24.3 Å². The predicted octanol–water partition coefficient (Wildman–Crippen LogP) is 2.92. The van der Waals surface area contributed by atoms with Crippen LogP contribution < -0.4 is 5.56 Å². The van der Waals surface area contributed by atoms with Gasteiger partial charge < -0.3 is 0 Å². The summed E-state index contributed by atoms with van der Waals surface area (Å²) in [4.78, 5) is 16.9.